The van der Waals surface area contributed by atoms with Crippen molar-refractivity contribution in [1.29, 1.82) is 0 Å². The summed E-state index contributed by atoms with van der Waals surface area (Å²) < 4.78 is 31.0. The maximum atomic E-state index is 10.3. The van der Waals surface area contributed by atoms with Gasteiger partial charge in [0.2, 0.25) is 10.3 Å². The number of anilines is 2. The van der Waals surface area contributed by atoms with E-state index in [2.05, 4.69) is 10.2 Å². The number of nitrogen functional groups attached to an aromatic ring is 1. The van der Waals surface area contributed by atoms with Crippen LogP contribution in [0.15, 0.2) is 0 Å². The Balaban J connectivity index is 0.00000196. The summed E-state index contributed by atoms with van der Waals surface area (Å²) in [6, 6.07) is 0. The van der Waals surface area contributed by atoms with E-state index in [1.54, 1.807) is 7.05 Å². The summed E-state index contributed by atoms with van der Waals surface area (Å²) in [5.41, 5.74) is 5.34. The summed E-state index contributed by atoms with van der Waals surface area (Å²) in [5, 5.41) is 8.04. The van der Waals surface area contributed by atoms with Crippen LogP contribution in [-0.4, -0.2) is 42.5 Å². The fourth-order valence-electron chi connectivity index (χ4n) is 0.725. The molecule has 0 spiro atoms. The Morgan fingerprint density at radius 3 is 2.53 bits per heavy atom. The average Bonchev–Trinajstić information content (AvgIpc) is 2.46. The molecule has 15 heavy (non-hydrogen) atoms. The third-order valence-corrected chi connectivity index (χ3v) is 2.98. The smallest absolute Gasteiger partial charge is 0.748 e. The van der Waals surface area contributed by atoms with Crippen molar-refractivity contribution in [2.75, 3.05) is 30.0 Å². The predicted molar refractivity (Wildman–Crippen MR) is 52.2 cm³/mol. The molecule has 1 aromatic heterocycles. The molecular formula is C5H9N4NaO3S2. The van der Waals surface area contributed by atoms with Crippen molar-refractivity contribution in [3.8, 4) is 0 Å². The Kier molecular flexibility index (Phi) is 5.99. The second-order valence-corrected chi connectivity index (χ2v) is 5.12. The standard InChI is InChI=1S/C5H10N4O3S2.Na/c1-9(2-3-14(10,11)12)5-8-7-4(6)13-5;/h2-3H2,1H3,(H2,6,7)(H,10,11,12);/q;+1/p-1. The van der Waals surface area contributed by atoms with Gasteiger partial charge in [0.1, 0.15) is 0 Å². The van der Waals surface area contributed by atoms with Gasteiger partial charge in [-0.2, -0.15) is 0 Å². The second kappa shape index (κ2) is 5.97. The van der Waals surface area contributed by atoms with Gasteiger partial charge in [-0.25, -0.2) is 8.42 Å². The van der Waals surface area contributed by atoms with Crippen molar-refractivity contribution < 1.29 is 42.5 Å². The molecule has 1 heterocycles. The predicted octanol–water partition coefficient (Wildman–Crippen LogP) is -3.89. The van der Waals surface area contributed by atoms with Crippen molar-refractivity contribution in [2.45, 2.75) is 0 Å². The number of hydrogen-bond donors (Lipinski definition) is 1. The summed E-state index contributed by atoms with van der Waals surface area (Å²) >= 11 is 1.13. The van der Waals surface area contributed by atoms with E-state index in [1.165, 1.54) is 4.90 Å². The molecule has 2 N–H and O–H groups in total. The van der Waals surface area contributed by atoms with E-state index in [-0.39, 0.29) is 36.1 Å². The summed E-state index contributed by atoms with van der Waals surface area (Å²) in [6.07, 6.45) is 0. The zero-order valence-corrected chi connectivity index (χ0v) is 12.0. The number of hydrogen-bond acceptors (Lipinski definition) is 8. The van der Waals surface area contributed by atoms with Crippen LogP contribution in [0.4, 0.5) is 10.3 Å². The topological polar surface area (TPSA) is 112 Å². The molecule has 0 aliphatic rings. The molecule has 10 heteroatoms. The van der Waals surface area contributed by atoms with E-state index < -0.39 is 15.9 Å². The molecular weight excluding hydrogens is 251 g/mol. The number of rotatable bonds is 4. The van der Waals surface area contributed by atoms with Crippen LogP contribution in [0.1, 0.15) is 0 Å². The average molecular weight is 260 g/mol. The molecule has 0 aliphatic carbocycles. The molecule has 0 unspecified atom stereocenters. The Hall–Kier alpha value is 0.0700. The van der Waals surface area contributed by atoms with Gasteiger partial charge in [0.05, 0.1) is 15.9 Å². The van der Waals surface area contributed by atoms with Crippen molar-refractivity contribution >= 4 is 31.7 Å². The van der Waals surface area contributed by atoms with Crippen LogP contribution in [0.25, 0.3) is 0 Å². The van der Waals surface area contributed by atoms with E-state index in [4.69, 9.17) is 5.73 Å². The first-order valence-corrected chi connectivity index (χ1v) is 6.01. The van der Waals surface area contributed by atoms with Gasteiger partial charge < -0.3 is 15.2 Å². The van der Waals surface area contributed by atoms with Gasteiger partial charge in [-0.15, -0.1) is 10.2 Å². The second-order valence-electron chi connectivity index (χ2n) is 2.61. The number of aromatic nitrogens is 2. The molecule has 80 valence electrons. The van der Waals surface area contributed by atoms with Gasteiger partial charge in [-0.05, 0) is 0 Å². The molecule has 0 amide bonds. The number of nitrogens with zero attached hydrogens (tertiary/aromatic N) is 3. The minimum absolute atomic E-state index is 0. The normalized spacial score (nSPS) is 10.8. The molecule has 1 aromatic rings. The maximum absolute atomic E-state index is 10.3. The third kappa shape index (κ3) is 5.64. The number of nitrogens with two attached hydrogens (primary N) is 1. The molecule has 0 aliphatic heterocycles. The van der Waals surface area contributed by atoms with Gasteiger partial charge in [-0.3, -0.25) is 0 Å². The summed E-state index contributed by atoms with van der Waals surface area (Å²) in [6.45, 7) is 0.0838. The first-order chi connectivity index (χ1) is 6.38. The molecule has 0 radical (unpaired) electrons. The SMILES string of the molecule is CN(CCS(=O)(=O)[O-])c1nnc(N)s1.[Na+]. The molecule has 0 aromatic carbocycles. The molecule has 0 fully saturated rings. The van der Waals surface area contributed by atoms with Crippen molar-refractivity contribution in [1.82, 2.24) is 10.2 Å². The summed E-state index contributed by atoms with van der Waals surface area (Å²) in [4.78, 5) is 1.52. The molecule has 0 atom stereocenters. The fraction of sp³-hybridized carbons (Fsp3) is 0.600. The Morgan fingerprint density at radius 2 is 2.13 bits per heavy atom. The van der Waals surface area contributed by atoms with Gasteiger partial charge in [0.25, 0.3) is 0 Å². The van der Waals surface area contributed by atoms with Gasteiger partial charge in [-0.1, -0.05) is 11.3 Å². The van der Waals surface area contributed by atoms with Crippen molar-refractivity contribution in [2.24, 2.45) is 0 Å². The van der Waals surface area contributed by atoms with Crippen molar-refractivity contribution in [3.63, 3.8) is 0 Å². The minimum atomic E-state index is -4.19. The molecule has 0 bridgehead atoms. The van der Waals surface area contributed by atoms with Gasteiger partial charge in [0.15, 0.2) is 0 Å². The van der Waals surface area contributed by atoms with E-state index in [9.17, 15) is 13.0 Å². The van der Waals surface area contributed by atoms with Crippen LogP contribution < -0.4 is 40.2 Å². The van der Waals surface area contributed by atoms with E-state index in [1.807, 2.05) is 0 Å². The van der Waals surface area contributed by atoms with Crippen LogP contribution >= 0.6 is 11.3 Å². The Labute approximate surface area is 114 Å². The fourth-order valence-corrected chi connectivity index (χ4v) is 1.82. The van der Waals surface area contributed by atoms with Crippen molar-refractivity contribution in [3.05, 3.63) is 0 Å². The third-order valence-electron chi connectivity index (χ3n) is 1.43. The van der Waals surface area contributed by atoms with E-state index >= 15 is 0 Å². The largest absolute Gasteiger partial charge is 1.00 e. The van der Waals surface area contributed by atoms with E-state index in [0.29, 0.717) is 10.3 Å². The van der Waals surface area contributed by atoms with Crippen LogP contribution in [0, 0.1) is 0 Å². The van der Waals surface area contributed by atoms with Crippen LogP contribution in [0.3, 0.4) is 0 Å². The monoisotopic (exact) mass is 260 g/mol. The molecule has 1 rings (SSSR count). The summed E-state index contributed by atoms with van der Waals surface area (Å²) in [5.74, 6) is -0.455. The quantitative estimate of drug-likeness (QED) is 0.435. The zero-order valence-electron chi connectivity index (χ0n) is 8.37. The van der Waals surface area contributed by atoms with E-state index in [0.717, 1.165) is 11.3 Å². The van der Waals surface area contributed by atoms with Crippen LogP contribution in [-0.2, 0) is 10.1 Å². The molecule has 7 nitrogen and oxygen atoms in total. The minimum Gasteiger partial charge on any atom is -0.748 e. The first kappa shape index (κ1) is 15.1. The van der Waals surface area contributed by atoms with Crippen LogP contribution in [0.2, 0.25) is 0 Å². The Morgan fingerprint density at radius 1 is 1.53 bits per heavy atom. The van der Waals surface area contributed by atoms with Gasteiger partial charge in [0, 0.05) is 13.6 Å². The Bertz CT molecular complexity index is 406. The zero-order chi connectivity index (χ0) is 10.8. The maximum Gasteiger partial charge on any atom is 1.00 e. The van der Waals surface area contributed by atoms with Gasteiger partial charge >= 0.3 is 29.6 Å². The first-order valence-electron chi connectivity index (χ1n) is 3.62. The van der Waals surface area contributed by atoms with Crippen LogP contribution in [0.5, 0.6) is 0 Å². The summed E-state index contributed by atoms with van der Waals surface area (Å²) in [7, 11) is -2.57. The molecule has 0 saturated heterocycles. The molecule has 0 saturated carbocycles.